The van der Waals surface area contributed by atoms with Crippen molar-refractivity contribution in [2.45, 2.75) is 105 Å². The van der Waals surface area contributed by atoms with Crippen LogP contribution in [0.1, 0.15) is 32.6 Å². The van der Waals surface area contributed by atoms with E-state index >= 15 is 0 Å². The molecule has 0 bridgehead atoms. The number of carbonyl (C=O) groups excluding carboxylic acids is 1. The number of rotatable bonds is 14. The SMILES string of the molecule is CN[C@@H]1[C@@H](O)[C@@H](O[C@H]2[C@H](NC(=O)C(O)C(O)CN)C[C@H](N)C([C@H]3OC(CN)=CC[C@H]3NCCCCN)[C@@H]2O)OC[C@]1(C)O. The van der Waals surface area contributed by atoms with Crippen molar-refractivity contribution in [3.8, 4) is 0 Å². The van der Waals surface area contributed by atoms with Gasteiger partial charge in [0.05, 0.1) is 31.3 Å². The summed E-state index contributed by atoms with van der Waals surface area (Å²) < 4.78 is 18.1. The number of unbranched alkanes of at least 4 members (excludes halogenated alkanes) is 1. The van der Waals surface area contributed by atoms with E-state index in [2.05, 4.69) is 16.0 Å². The lowest BCUT2D eigenvalue weighted by Gasteiger charge is -2.51. The number of likely N-dealkylation sites (N-methyl/N-ethyl adjacent to an activating group) is 1. The van der Waals surface area contributed by atoms with Crippen molar-refractivity contribution in [1.29, 1.82) is 0 Å². The lowest BCUT2D eigenvalue weighted by molar-refractivity contribution is -0.297. The van der Waals surface area contributed by atoms with Gasteiger partial charge in [0.25, 0.3) is 5.91 Å². The summed E-state index contributed by atoms with van der Waals surface area (Å²) in [6.07, 6.45) is -4.95. The van der Waals surface area contributed by atoms with E-state index in [-0.39, 0.29) is 32.2 Å². The first kappa shape index (κ1) is 36.0. The third-order valence-electron chi connectivity index (χ3n) is 8.68. The topological polar surface area (TPSA) is 286 Å². The lowest BCUT2D eigenvalue weighted by Crippen LogP contribution is -2.70. The second-order valence-corrected chi connectivity index (χ2v) is 12.0. The van der Waals surface area contributed by atoms with Gasteiger partial charge in [-0.25, -0.2) is 0 Å². The molecule has 2 aliphatic heterocycles. The maximum absolute atomic E-state index is 12.9. The quantitative estimate of drug-likeness (QED) is 0.0808. The first-order valence-electron chi connectivity index (χ1n) is 15.0. The smallest absolute Gasteiger partial charge is 0.251 e. The zero-order valence-corrected chi connectivity index (χ0v) is 25.0. The number of hydrogen-bond acceptors (Lipinski definition) is 15. The van der Waals surface area contributed by atoms with Crippen LogP contribution in [0, 0.1) is 5.92 Å². The molecule has 3 rings (SSSR count). The maximum Gasteiger partial charge on any atom is 0.251 e. The van der Waals surface area contributed by atoms with Gasteiger partial charge in [-0.3, -0.25) is 4.79 Å². The molecule has 13 atom stereocenters. The number of aliphatic hydroxyl groups excluding tert-OH is 4. The molecule has 16 heteroatoms. The van der Waals surface area contributed by atoms with Crippen molar-refractivity contribution in [3.63, 3.8) is 0 Å². The third-order valence-corrected chi connectivity index (χ3v) is 8.68. The maximum atomic E-state index is 12.9. The van der Waals surface area contributed by atoms with Crippen molar-refractivity contribution in [1.82, 2.24) is 16.0 Å². The Morgan fingerprint density at radius 3 is 2.53 bits per heavy atom. The molecular weight excluding hydrogens is 566 g/mol. The number of aliphatic hydroxyl groups is 5. The van der Waals surface area contributed by atoms with Gasteiger partial charge in [0.1, 0.15) is 35.8 Å². The van der Waals surface area contributed by atoms with Crippen LogP contribution in [0.15, 0.2) is 11.8 Å². The highest BCUT2D eigenvalue weighted by Gasteiger charge is 2.53. The second kappa shape index (κ2) is 16.2. The molecule has 1 saturated carbocycles. The zero-order chi connectivity index (χ0) is 31.9. The van der Waals surface area contributed by atoms with Crippen LogP contribution in [-0.2, 0) is 19.0 Å². The van der Waals surface area contributed by atoms with Gasteiger partial charge >= 0.3 is 0 Å². The first-order valence-corrected chi connectivity index (χ1v) is 15.0. The molecule has 0 aromatic carbocycles. The predicted octanol–water partition coefficient (Wildman–Crippen LogP) is -5.37. The molecule has 0 spiro atoms. The van der Waals surface area contributed by atoms with Crippen molar-refractivity contribution in [3.05, 3.63) is 11.8 Å². The molecule has 1 amide bonds. The van der Waals surface area contributed by atoms with Crippen LogP contribution in [0.25, 0.3) is 0 Å². The van der Waals surface area contributed by atoms with Gasteiger partial charge < -0.3 is 78.6 Å². The van der Waals surface area contributed by atoms with E-state index in [9.17, 15) is 30.3 Å². The summed E-state index contributed by atoms with van der Waals surface area (Å²) in [5.74, 6) is -1.09. The molecule has 16 nitrogen and oxygen atoms in total. The number of nitrogens with one attached hydrogen (secondary N) is 3. The van der Waals surface area contributed by atoms with E-state index in [0.29, 0.717) is 25.3 Å². The second-order valence-electron chi connectivity index (χ2n) is 12.0. The lowest BCUT2D eigenvalue weighted by atomic mass is 9.72. The molecule has 2 fully saturated rings. The summed E-state index contributed by atoms with van der Waals surface area (Å²) in [5, 5.41) is 62.8. The highest BCUT2D eigenvalue weighted by atomic mass is 16.7. The van der Waals surface area contributed by atoms with Crippen LogP contribution in [0.5, 0.6) is 0 Å². The third kappa shape index (κ3) is 8.61. The molecule has 0 aromatic rings. The largest absolute Gasteiger partial charge is 0.492 e. The fourth-order valence-electron chi connectivity index (χ4n) is 6.27. The van der Waals surface area contributed by atoms with Crippen molar-refractivity contribution < 1.29 is 44.5 Å². The van der Waals surface area contributed by atoms with E-state index < -0.39 is 78.5 Å². The molecule has 3 aliphatic rings. The predicted molar refractivity (Wildman–Crippen MR) is 156 cm³/mol. The standard InChI is InChI=1S/C27H53N7O9/c1-27(40)12-41-26(21(38)24(27)32-2)43-23-16(34-25(39)19(36)17(35)11-30)9-14(31)18(20(23)37)22-15(33-8-4-3-7-28)6-5-13(10-29)42-22/h5,14-24,26,32-33,35-38,40H,3-4,6-12,28-31H2,1-2H3,(H,34,39)/t14-,15+,16+,17?,18?,19?,20-,21+,22-,23-,24+,26+,27-/m0/s1. The Morgan fingerprint density at radius 1 is 1.19 bits per heavy atom. The van der Waals surface area contributed by atoms with Crippen LogP contribution >= 0.6 is 0 Å². The van der Waals surface area contributed by atoms with E-state index in [1.165, 1.54) is 6.92 Å². The number of nitrogens with two attached hydrogens (primary N) is 4. The molecule has 0 radical (unpaired) electrons. The number of carbonyl (C=O) groups is 1. The molecule has 43 heavy (non-hydrogen) atoms. The molecule has 16 N–H and O–H groups in total. The average molecular weight is 620 g/mol. The Kier molecular flexibility index (Phi) is 13.5. The van der Waals surface area contributed by atoms with Gasteiger partial charge in [-0.2, -0.15) is 0 Å². The molecule has 2 heterocycles. The monoisotopic (exact) mass is 619 g/mol. The summed E-state index contributed by atoms with van der Waals surface area (Å²) in [5.41, 5.74) is 22.2. The van der Waals surface area contributed by atoms with E-state index in [1.807, 2.05) is 6.08 Å². The van der Waals surface area contributed by atoms with E-state index in [4.69, 9.17) is 37.1 Å². The van der Waals surface area contributed by atoms with Gasteiger partial charge in [0, 0.05) is 24.5 Å². The summed E-state index contributed by atoms with van der Waals surface area (Å²) >= 11 is 0. The number of amides is 1. The molecule has 250 valence electrons. The minimum Gasteiger partial charge on any atom is -0.492 e. The molecule has 0 aromatic heterocycles. The first-order chi connectivity index (χ1) is 20.4. The van der Waals surface area contributed by atoms with Crippen molar-refractivity contribution in [2.75, 3.05) is 39.8 Å². The van der Waals surface area contributed by atoms with Gasteiger partial charge in [-0.15, -0.1) is 0 Å². The molecule has 3 unspecified atom stereocenters. The highest BCUT2D eigenvalue weighted by Crippen LogP contribution is 2.37. The van der Waals surface area contributed by atoms with Crippen LogP contribution in [0.3, 0.4) is 0 Å². The van der Waals surface area contributed by atoms with Gasteiger partial charge in [0.15, 0.2) is 12.4 Å². The summed E-state index contributed by atoms with van der Waals surface area (Å²) in [7, 11) is 1.58. The van der Waals surface area contributed by atoms with Gasteiger partial charge in [-0.1, -0.05) is 0 Å². The minimum absolute atomic E-state index is 0.0843. The number of ether oxygens (including phenoxy) is 3. The molecule has 1 saturated heterocycles. The van der Waals surface area contributed by atoms with Gasteiger partial charge in [-0.05, 0) is 58.8 Å². The van der Waals surface area contributed by atoms with Crippen LogP contribution in [-0.4, -0.2) is 144 Å². The Labute approximate surface area is 252 Å². The summed E-state index contributed by atoms with van der Waals surface area (Å²) in [4.78, 5) is 12.9. The van der Waals surface area contributed by atoms with Crippen molar-refractivity contribution >= 4 is 5.91 Å². The fraction of sp³-hybridized carbons (Fsp3) is 0.889. The Bertz CT molecular complexity index is 916. The normalized spacial score (nSPS) is 39.8. The molecular formula is C27H53N7O9. The van der Waals surface area contributed by atoms with E-state index in [0.717, 1.165) is 12.8 Å². The van der Waals surface area contributed by atoms with Crippen LogP contribution in [0.4, 0.5) is 0 Å². The highest BCUT2D eigenvalue weighted by molar-refractivity contribution is 5.81. The fourth-order valence-corrected chi connectivity index (χ4v) is 6.27. The van der Waals surface area contributed by atoms with Crippen molar-refractivity contribution in [2.24, 2.45) is 28.9 Å². The average Bonchev–Trinajstić information content (AvgIpc) is 2.97. The van der Waals surface area contributed by atoms with Crippen LogP contribution in [0.2, 0.25) is 0 Å². The Balaban J connectivity index is 1.90. The van der Waals surface area contributed by atoms with Crippen LogP contribution < -0.4 is 38.9 Å². The molecule has 1 aliphatic carbocycles. The Hall–Kier alpha value is -1.51. The minimum atomic E-state index is -1.84. The summed E-state index contributed by atoms with van der Waals surface area (Å²) in [6, 6.07) is -2.74. The van der Waals surface area contributed by atoms with Gasteiger partial charge in [0.2, 0.25) is 0 Å². The Morgan fingerprint density at radius 2 is 1.91 bits per heavy atom. The van der Waals surface area contributed by atoms with E-state index in [1.54, 1.807) is 7.05 Å². The zero-order valence-electron chi connectivity index (χ0n) is 25.0. The number of hydrogen-bond donors (Lipinski definition) is 12. The summed E-state index contributed by atoms with van der Waals surface area (Å²) in [6.45, 7) is 2.36.